The van der Waals surface area contributed by atoms with Crippen molar-refractivity contribution in [2.75, 3.05) is 44.4 Å². The van der Waals surface area contributed by atoms with E-state index in [1.165, 1.54) is 5.56 Å². The number of hydrogen-bond donors (Lipinski definition) is 2. The first-order chi connectivity index (χ1) is 15.7. The van der Waals surface area contributed by atoms with Gasteiger partial charge in [-0.1, -0.05) is 24.3 Å². The molecule has 0 bridgehead atoms. The van der Waals surface area contributed by atoms with Gasteiger partial charge in [0.15, 0.2) is 0 Å². The summed E-state index contributed by atoms with van der Waals surface area (Å²) in [4.78, 5) is 28.7. The van der Waals surface area contributed by atoms with E-state index in [-0.39, 0.29) is 6.03 Å². The molecule has 0 atom stereocenters. The molecule has 0 aliphatic carbocycles. The fraction of sp³-hybridized carbons (Fsp3) is 0.417. The molecule has 8 heteroatoms. The van der Waals surface area contributed by atoms with Crippen molar-refractivity contribution in [3.05, 3.63) is 65.2 Å². The fourth-order valence-corrected chi connectivity index (χ4v) is 4.18. The number of benzene rings is 2. The highest BCUT2D eigenvalue weighted by atomic mass is 16.5. The van der Waals surface area contributed by atoms with Gasteiger partial charge in [0.1, 0.15) is 0 Å². The van der Waals surface area contributed by atoms with Gasteiger partial charge in [-0.05, 0) is 54.2 Å². The van der Waals surface area contributed by atoms with Crippen LogP contribution in [-0.2, 0) is 16.0 Å². The first-order valence-corrected chi connectivity index (χ1v) is 11.0. The molecule has 4 rings (SSSR count). The van der Waals surface area contributed by atoms with Crippen LogP contribution < -0.4 is 10.4 Å². The smallest absolute Gasteiger partial charge is 0.324 e. The monoisotopic (exact) mass is 439 g/mol. The van der Waals surface area contributed by atoms with Crippen LogP contribution in [0.2, 0.25) is 0 Å². The van der Waals surface area contributed by atoms with Crippen LogP contribution >= 0.6 is 0 Å². The summed E-state index contributed by atoms with van der Waals surface area (Å²) < 4.78 is 10.9. The number of nitrogens with one attached hydrogen (secondary N) is 1. The quantitative estimate of drug-likeness (QED) is 0.552. The lowest BCUT2D eigenvalue weighted by Crippen LogP contribution is -2.48. The molecule has 0 aromatic heterocycles. The van der Waals surface area contributed by atoms with Crippen LogP contribution in [0, 0.1) is 0 Å². The number of amides is 3. The van der Waals surface area contributed by atoms with Crippen molar-refractivity contribution in [2.45, 2.75) is 25.3 Å². The number of anilines is 1. The van der Waals surface area contributed by atoms with Crippen LogP contribution in [-0.4, -0.2) is 61.6 Å². The molecule has 2 heterocycles. The van der Waals surface area contributed by atoms with Gasteiger partial charge in [-0.3, -0.25) is 14.9 Å². The average molecular weight is 440 g/mol. The Balaban J connectivity index is 1.60. The molecule has 170 valence electrons. The molecule has 0 saturated carbocycles. The third kappa shape index (κ3) is 5.27. The molecular formula is C24H29N3O5. The summed E-state index contributed by atoms with van der Waals surface area (Å²) in [5, 5.41) is 8.83. The molecule has 0 unspecified atom stereocenters. The number of nitrogens with zero attached hydrogens (tertiary/aromatic N) is 2. The van der Waals surface area contributed by atoms with Crippen LogP contribution in [0.1, 0.15) is 40.2 Å². The van der Waals surface area contributed by atoms with E-state index in [0.717, 1.165) is 37.3 Å². The maximum Gasteiger partial charge on any atom is 0.324 e. The van der Waals surface area contributed by atoms with Gasteiger partial charge in [0.25, 0.3) is 5.91 Å². The Kier molecular flexibility index (Phi) is 7.36. The summed E-state index contributed by atoms with van der Waals surface area (Å²) in [6, 6.07) is 15.0. The Morgan fingerprint density at radius 1 is 1.00 bits per heavy atom. The van der Waals surface area contributed by atoms with Gasteiger partial charge >= 0.3 is 6.03 Å². The molecule has 3 amide bonds. The molecule has 32 heavy (non-hydrogen) atoms. The highest BCUT2D eigenvalue weighted by Crippen LogP contribution is 2.30. The van der Waals surface area contributed by atoms with Crippen molar-refractivity contribution in [1.29, 1.82) is 0 Å². The summed E-state index contributed by atoms with van der Waals surface area (Å²) in [6.07, 6.45) is 1.96. The van der Waals surface area contributed by atoms with Crippen LogP contribution in [0.5, 0.6) is 0 Å². The molecular weight excluding hydrogens is 410 g/mol. The Bertz CT molecular complexity index is 921. The lowest BCUT2D eigenvalue weighted by Gasteiger charge is -2.33. The Morgan fingerprint density at radius 2 is 1.69 bits per heavy atom. The molecule has 0 radical (unpaired) electrons. The van der Waals surface area contributed by atoms with Crippen molar-refractivity contribution in [3.63, 3.8) is 0 Å². The predicted octanol–water partition coefficient (Wildman–Crippen LogP) is 3.16. The maximum atomic E-state index is 13.5. The summed E-state index contributed by atoms with van der Waals surface area (Å²) in [6.45, 7) is 4.08. The summed E-state index contributed by atoms with van der Waals surface area (Å²) >= 11 is 0. The van der Waals surface area contributed by atoms with E-state index >= 15 is 0 Å². The zero-order valence-electron chi connectivity index (χ0n) is 18.0. The first kappa shape index (κ1) is 22.3. The van der Waals surface area contributed by atoms with Gasteiger partial charge < -0.3 is 14.4 Å². The minimum absolute atomic E-state index is 0.0606. The fourth-order valence-electron chi connectivity index (χ4n) is 4.18. The second-order valence-electron chi connectivity index (χ2n) is 8.09. The summed E-state index contributed by atoms with van der Waals surface area (Å²) in [7, 11) is 0. The molecule has 0 spiro atoms. The van der Waals surface area contributed by atoms with E-state index in [9.17, 15) is 9.59 Å². The number of ether oxygens (including phenoxy) is 2. The molecule has 2 aromatic carbocycles. The molecule has 2 saturated heterocycles. The second-order valence-corrected chi connectivity index (χ2v) is 8.09. The van der Waals surface area contributed by atoms with E-state index in [1.54, 1.807) is 34.6 Å². The van der Waals surface area contributed by atoms with Crippen LogP contribution in [0.15, 0.2) is 48.5 Å². The average Bonchev–Trinajstić information content (AvgIpc) is 2.88. The van der Waals surface area contributed by atoms with Crippen molar-refractivity contribution in [3.8, 4) is 0 Å². The molecule has 8 nitrogen and oxygen atoms in total. The first-order valence-electron chi connectivity index (χ1n) is 11.0. The Hall–Kier alpha value is -2.94. The van der Waals surface area contributed by atoms with E-state index in [1.807, 2.05) is 17.0 Å². The van der Waals surface area contributed by atoms with Crippen LogP contribution in [0.3, 0.4) is 0 Å². The Morgan fingerprint density at radius 3 is 2.38 bits per heavy atom. The van der Waals surface area contributed by atoms with Crippen LogP contribution in [0.4, 0.5) is 10.5 Å². The normalized spacial score (nSPS) is 17.1. The van der Waals surface area contributed by atoms with Crippen molar-refractivity contribution >= 4 is 17.6 Å². The standard InChI is InChI=1S/C24H29N3O5/c28-23(25-30)20-6-4-18(5-7-20)17-27(24(29)26-10-14-32-15-11-26)22-3-1-2-21(16-22)19-8-12-31-13-9-19/h1-7,16,19,30H,8-15,17H2,(H,25,28). The van der Waals surface area contributed by atoms with Gasteiger partial charge in [0.2, 0.25) is 0 Å². The lowest BCUT2D eigenvalue weighted by atomic mass is 9.91. The minimum Gasteiger partial charge on any atom is -0.381 e. The maximum absolute atomic E-state index is 13.5. The number of hydrogen-bond acceptors (Lipinski definition) is 5. The number of carbonyl (C=O) groups excluding carboxylic acids is 2. The highest BCUT2D eigenvalue weighted by molar-refractivity contribution is 5.94. The van der Waals surface area contributed by atoms with Gasteiger partial charge in [-0.25, -0.2) is 10.3 Å². The molecule has 2 aromatic rings. The van der Waals surface area contributed by atoms with Gasteiger partial charge in [-0.15, -0.1) is 0 Å². The third-order valence-electron chi connectivity index (χ3n) is 6.05. The number of rotatable bonds is 5. The van der Waals surface area contributed by atoms with E-state index < -0.39 is 5.91 Å². The highest BCUT2D eigenvalue weighted by Gasteiger charge is 2.25. The molecule has 2 aliphatic heterocycles. The zero-order chi connectivity index (χ0) is 22.3. The van der Waals surface area contributed by atoms with Gasteiger partial charge in [0.05, 0.1) is 19.8 Å². The molecule has 2 fully saturated rings. The topological polar surface area (TPSA) is 91.3 Å². The van der Waals surface area contributed by atoms with Gasteiger partial charge in [0, 0.05) is 37.6 Å². The second kappa shape index (κ2) is 10.6. The van der Waals surface area contributed by atoms with E-state index in [0.29, 0.717) is 44.3 Å². The number of morpholine rings is 1. The predicted molar refractivity (Wildman–Crippen MR) is 119 cm³/mol. The summed E-state index contributed by atoms with van der Waals surface area (Å²) in [5.74, 6) is -0.137. The molecule has 2 aliphatic rings. The third-order valence-corrected chi connectivity index (χ3v) is 6.05. The van der Waals surface area contributed by atoms with E-state index in [4.69, 9.17) is 14.7 Å². The van der Waals surface area contributed by atoms with Crippen LogP contribution in [0.25, 0.3) is 0 Å². The van der Waals surface area contributed by atoms with Crippen molar-refractivity contribution in [1.82, 2.24) is 10.4 Å². The summed E-state index contributed by atoms with van der Waals surface area (Å²) in [5.41, 5.74) is 4.94. The van der Waals surface area contributed by atoms with Crippen molar-refractivity contribution < 1.29 is 24.3 Å². The molecule has 2 N–H and O–H groups in total. The Labute approximate surface area is 187 Å². The number of urea groups is 1. The largest absolute Gasteiger partial charge is 0.381 e. The number of carbonyl (C=O) groups is 2. The minimum atomic E-state index is -0.568. The lowest BCUT2D eigenvalue weighted by molar-refractivity contribution is 0.0548. The number of hydroxylamine groups is 1. The van der Waals surface area contributed by atoms with Gasteiger partial charge in [-0.2, -0.15) is 0 Å². The SMILES string of the molecule is O=C(NO)c1ccc(CN(C(=O)N2CCOCC2)c2cccc(C3CCOCC3)c2)cc1. The van der Waals surface area contributed by atoms with E-state index in [2.05, 4.69) is 12.1 Å². The van der Waals surface area contributed by atoms with Crippen molar-refractivity contribution in [2.24, 2.45) is 0 Å². The zero-order valence-corrected chi connectivity index (χ0v) is 18.0.